The van der Waals surface area contributed by atoms with Gasteiger partial charge in [-0.05, 0) is 45.2 Å². The van der Waals surface area contributed by atoms with Gasteiger partial charge in [-0.3, -0.25) is 4.79 Å². The van der Waals surface area contributed by atoms with Crippen LogP contribution < -0.4 is 5.32 Å². The van der Waals surface area contributed by atoms with Gasteiger partial charge in [0.1, 0.15) is 0 Å². The average Bonchev–Trinajstić information content (AvgIpc) is 2.46. The molecule has 3 aliphatic rings. The Kier molecular flexibility index (Phi) is 3.81. The molecule has 3 rings (SSSR count). The molecular formula is C15H26N2O2. The van der Waals surface area contributed by atoms with E-state index in [2.05, 4.69) is 5.32 Å². The van der Waals surface area contributed by atoms with Gasteiger partial charge in [-0.25, -0.2) is 0 Å². The molecule has 19 heavy (non-hydrogen) atoms. The van der Waals surface area contributed by atoms with Gasteiger partial charge in [-0.15, -0.1) is 0 Å². The molecule has 2 N–H and O–H groups in total. The maximum absolute atomic E-state index is 12.5. The number of hydrogen-bond acceptors (Lipinski definition) is 3. The van der Waals surface area contributed by atoms with Gasteiger partial charge >= 0.3 is 0 Å². The fraction of sp³-hybridized carbons (Fsp3) is 0.933. The third kappa shape index (κ3) is 2.65. The zero-order valence-corrected chi connectivity index (χ0v) is 11.7. The van der Waals surface area contributed by atoms with Crippen molar-refractivity contribution in [3.05, 3.63) is 0 Å². The first-order chi connectivity index (χ1) is 9.19. The predicted molar refractivity (Wildman–Crippen MR) is 73.7 cm³/mol. The SMILES string of the molecule is O=C(C1CCNCC1)N1CCC2(O)CCCCC2C1. The minimum absolute atomic E-state index is 0.219. The normalized spacial score (nSPS) is 36.9. The highest BCUT2D eigenvalue weighted by atomic mass is 16.3. The lowest BCUT2D eigenvalue weighted by Crippen LogP contribution is -2.56. The van der Waals surface area contributed by atoms with E-state index in [1.807, 2.05) is 4.90 Å². The monoisotopic (exact) mass is 266 g/mol. The Bertz CT molecular complexity index is 341. The molecule has 0 radical (unpaired) electrons. The van der Waals surface area contributed by atoms with E-state index in [9.17, 15) is 9.90 Å². The lowest BCUT2D eigenvalue weighted by Gasteiger charge is -2.48. The van der Waals surface area contributed by atoms with Crippen molar-refractivity contribution in [1.29, 1.82) is 0 Å². The van der Waals surface area contributed by atoms with Crippen LogP contribution in [-0.4, -0.2) is 47.7 Å². The van der Waals surface area contributed by atoms with Crippen molar-refractivity contribution in [3.8, 4) is 0 Å². The summed E-state index contributed by atoms with van der Waals surface area (Å²) in [7, 11) is 0. The molecule has 2 atom stereocenters. The van der Waals surface area contributed by atoms with E-state index in [0.717, 1.165) is 64.7 Å². The molecule has 0 aromatic carbocycles. The second-order valence-electron chi connectivity index (χ2n) is 6.60. The van der Waals surface area contributed by atoms with Crippen LogP contribution in [0.1, 0.15) is 44.9 Å². The summed E-state index contributed by atoms with van der Waals surface area (Å²) >= 11 is 0. The maximum Gasteiger partial charge on any atom is 0.225 e. The van der Waals surface area contributed by atoms with Crippen LogP contribution in [0.4, 0.5) is 0 Å². The highest BCUT2D eigenvalue weighted by Gasteiger charge is 2.44. The molecule has 2 unspecified atom stereocenters. The summed E-state index contributed by atoms with van der Waals surface area (Å²) in [5, 5.41) is 14.0. The molecule has 2 saturated heterocycles. The van der Waals surface area contributed by atoms with Gasteiger partial charge in [-0.1, -0.05) is 12.8 Å². The number of likely N-dealkylation sites (tertiary alicyclic amines) is 1. The molecule has 1 aliphatic carbocycles. The zero-order valence-electron chi connectivity index (χ0n) is 11.7. The second kappa shape index (κ2) is 5.41. The Morgan fingerprint density at radius 2 is 1.95 bits per heavy atom. The van der Waals surface area contributed by atoms with E-state index in [1.54, 1.807) is 0 Å². The summed E-state index contributed by atoms with van der Waals surface area (Å²) in [6.45, 7) is 3.49. The number of nitrogens with one attached hydrogen (secondary N) is 1. The van der Waals surface area contributed by atoms with Crippen molar-refractivity contribution in [1.82, 2.24) is 10.2 Å². The van der Waals surface area contributed by atoms with Gasteiger partial charge in [0.05, 0.1) is 5.60 Å². The lowest BCUT2D eigenvalue weighted by molar-refractivity contribution is -0.148. The topological polar surface area (TPSA) is 52.6 Å². The first-order valence-electron chi connectivity index (χ1n) is 7.91. The number of piperidine rings is 2. The van der Waals surface area contributed by atoms with Gasteiger partial charge in [-0.2, -0.15) is 0 Å². The van der Waals surface area contributed by atoms with Gasteiger partial charge in [0, 0.05) is 24.9 Å². The summed E-state index contributed by atoms with van der Waals surface area (Å²) in [5.41, 5.74) is -0.469. The molecule has 2 heterocycles. The first-order valence-corrected chi connectivity index (χ1v) is 7.91. The van der Waals surface area contributed by atoms with E-state index < -0.39 is 5.60 Å². The van der Waals surface area contributed by atoms with Gasteiger partial charge < -0.3 is 15.3 Å². The molecule has 1 amide bonds. The summed E-state index contributed by atoms with van der Waals surface area (Å²) < 4.78 is 0. The number of amides is 1. The Hall–Kier alpha value is -0.610. The Morgan fingerprint density at radius 3 is 2.74 bits per heavy atom. The van der Waals surface area contributed by atoms with Gasteiger partial charge in [0.2, 0.25) is 5.91 Å². The first kappa shape index (κ1) is 13.4. The highest BCUT2D eigenvalue weighted by Crippen LogP contribution is 2.40. The van der Waals surface area contributed by atoms with E-state index in [-0.39, 0.29) is 5.92 Å². The van der Waals surface area contributed by atoms with Crippen LogP contribution in [0.3, 0.4) is 0 Å². The number of fused-ring (bicyclic) bond motifs is 1. The van der Waals surface area contributed by atoms with Crippen LogP contribution in [0, 0.1) is 11.8 Å². The molecule has 0 spiro atoms. The molecule has 4 heteroatoms. The molecule has 2 aliphatic heterocycles. The molecule has 3 fully saturated rings. The third-order valence-corrected chi connectivity index (χ3v) is 5.43. The number of carbonyl (C=O) groups excluding carboxylic acids is 1. The summed E-state index contributed by atoms with van der Waals surface area (Å²) in [4.78, 5) is 14.6. The third-order valence-electron chi connectivity index (χ3n) is 5.43. The molecule has 0 aromatic heterocycles. The molecule has 1 saturated carbocycles. The molecule has 0 aromatic rings. The standard InChI is InChI=1S/C15H26N2O2/c18-14(12-4-8-16-9-5-12)17-10-7-15(19)6-2-1-3-13(15)11-17/h12-13,16,19H,1-11H2. The Balaban J connectivity index is 1.62. The fourth-order valence-electron chi connectivity index (χ4n) is 4.10. The number of carbonyl (C=O) groups is 1. The predicted octanol–water partition coefficient (Wildman–Crippen LogP) is 1.14. The van der Waals surface area contributed by atoms with Crippen LogP contribution in [0.2, 0.25) is 0 Å². The summed E-state index contributed by atoms with van der Waals surface area (Å²) in [5.74, 6) is 0.880. The molecule has 0 bridgehead atoms. The van der Waals surface area contributed by atoms with Crippen LogP contribution in [-0.2, 0) is 4.79 Å². The van der Waals surface area contributed by atoms with Crippen molar-refractivity contribution < 1.29 is 9.90 Å². The minimum Gasteiger partial charge on any atom is -0.389 e. The molecule has 108 valence electrons. The van der Waals surface area contributed by atoms with E-state index in [1.165, 1.54) is 6.42 Å². The van der Waals surface area contributed by atoms with Crippen molar-refractivity contribution >= 4 is 5.91 Å². The van der Waals surface area contributed by atoms with Crippen molar-refractivity contribution in [2.75, 3.05) is 26.2 Å². The van der Waals surface area contributed by atoms with Gasteiger partial charge in [0.25, 0.3) is 0 Å². The number of nitrogens with zero attached hydrogens (tertiary/aromatic N) is 1. The Labute approximate surface area is 115 Å². The quantitative estimate of drug-likeness (QED) is 0.748. The fourth-order valence-corrected chi connectivity index (χ4v) is 4.10. The zero-order chi connectivity index (χ0) is 13.3. The number of hydrogen-bond donors (Lipinski definition) is 2. The smallest absolute Gasteiger partial charge is 0.225 e. The number of aliphatic hydroxyl groups is 1. The van der Waals surface area contributed by atoms with E-state index >= 15 is 0 Å². The highest BCUT2D eigenvalue weighted by molar-refractivity contribution is 5.79. The number of rotatable bonds is 1. The van der Waals surface area contributed by atoms with Crippen LogP contribution >= 0.6 is 0 Å². The lowest BCUT2D eigenvalue weighted by atomic mass is 9.71. The van der Waals surface area contributed by atoms with Crippen LogP contribution in [0.25, 0.3) is 0 Å². The van der Waals surface area contributed by atoms with E-state index in [0.29, 0.717) is 11.8 Å². The largest absolute Gasteiger partial charge is 0.389 e. The van der Waals surface area contributed by atoms with Crippen molar-refractivity contribution in [2.24, 2.45) is 11.8 Å². The van der Waals surface area contributed by atoms with Gasteiger partial charge in [0.15, 0.2) is 0 Å². The van der Waals surface area contributed by atoms with Crippen molar-refractivity contribution in [3.63, 3.8) is 0 Å². The molecule has 4 nitrogen and oxygen atoms in total. The van der Waals surface area contributed by atoms with Crippen LogP contribution in [0.5, 0.6) is 0 Å². The second-order valence-corrected chi connectivity index (χ2v) is 6.60. The summed E-state index contributed by atoms with van der Waals surface area (Å²) in [6, 6.07) is 0. The van der Waals surface area contributed by atoms with Crippen molar-refractivity contribution in [2.45, 2.75) is 50.5 Å². The Morgan fingerprint density at radius 1 is 1.16 bits per heavy atom. The summed E-state index contributed by atoms with van der Waals surface area (Å²) in [6.07, 6.45) is 7.13. The molecular weight excluding hydrogens is 240 g/mol. The van der Waals surface area contributed by atoms with Crippen LogP contribution in [0.15, 0.2) is 0 Å². The average molecular weight is 266 g/mol. The van der Waals surface area contributed by atoms with E-state index in [4.69, 9.17) is 0 Å². The minimum atomic E-state index is -0.469. The maximum atomic E-state index is 12.5.